The van der Waals surface area contributed by atoms with E-state index in [0.717, 1.165) is 0 Å². The number of quaternary nitrogens is 1. The molecule has 0 spiro atoms. The molecule has 0 aliphatic carbocycles. The Morgan fingerprint density at radius 1 is 1.33 bits per heavy atom. The van der Waals surface area contributed by atoms with Gasteiger partial charge in [-0.05, 0) is 19.1 Å². The van der Waals surface area contributed by atoms with Gasteiger partial charge in [-0.1, -0.05) is 6.07 Å². The van der Waals surface area contributed by atoms with Crippen LogP contribution >= 0.6 is 0 Å². The highest BCUT2D eigenvalue weighted by molar-refractivity contribution is 5.18. The van der Waals surface area contributed by atoms with Crippen LogP contribution in [0, 0.1) is 11.6 Å². The van der Waals surface area contributed by atoms with Gasteiger partial charge < -0.3 is 10.1 Å². The number of hydrogen-bond donors (Lipinski definition) is 1. The van der Waals surface area contributed by atoms with Crippen molar-refractivity contribution in [3.63, 3.8) is 0 Å². The molecule has 0 fully saturated rings. The van der Waals surface area contributed by atoms with Crippen LogP contribution in [0.1, 0.15) is 12.5 Å². The van der Waals surface area contributed by atoms with E-state index in [4.69, 9.17) is 4.74 Å². The lowest BCUT2D eigenvalue weighted by molar-refractivity contribution is -0.703. The van der Waals surface area contributed by atoms with Gasteiger partial charge in [0, 0.05) is 7.11 Å². The van der Waals surface area contributed by atoms with E-state index in [0.29, 0.717) is 13.2 Å². The van der Waals surface area contributed by atoms with Crippen LogP contribution in [0.5, 0.6) is 0 Å². The Morgan fingerprint density at radius 3 is 2.47 bits per heavy atom. The summed E-state index contributed by atoms with van der Waals surface area (Å²) < 4.78 is 31.3. The van der Waals surface area contributed by atoms with E-state index in [2.05, 4.69) is 0 Å². The van der Waals surface area contributed by atoms with Crippen LogP contribution in [0.2, 0.25) is 0 Å². The molecule has 2 N–H and O–H groups in total. The second-order valence-electron chi connectivity index (χ2n) is 3.57. The van der Waals surface area contributed by atoms with Crippen molar-refractivity contribution in [2.75, 3.05) is 13.7 Å². The van der Waals surface area contributed by atoms with Crippen LogP contribution in [0.3, 0.4) is 0 Å². The van der Waals surface area contributed by atoms with E-state index in [1.807, 2.05) is 12.2 Å². The molecule has 0 amide bonds. The van der Waals surface area contributed by atoms with Gasteiger partial charge in [-0.2, -0.15) is 0 Å². The minimum Gasteiger partial charge on any atom is -0.379 e. The fourth-order valence-electron chi connectivity index (χ4n) is 1.38. The van der Waals surface area contributed by atoms with E-state index in [9.17, 15) is 8.78 Å². The Morgan fingerprint density at radius 2 is 1.93 bits per heavy atom. The average Bonchev–Trinajstić information content (AvgIpc) is 2.17. The SMILES string of the molecule is COC[C@H](C)[NH2+]Cc1c(F)cccc1F. The summed E-state index contributed by atoms with van der Waals surface area (Å²) in [6.45, 7) is 2.81. The van der Waals surface area contributed by atoms with Crippen molar-refractivity contribution in [2.45, 2.75) is 19.5 Å². The normalized spacial score (nSPS) is 12.8. The van der Waals surface area contributed by atoms with Crippen molar-refractivity contribution >= 4 is 0 Å². The first-order valence-electron chi connectivity index (χ1n) is 4.90. The Kier molecular flexibility index (Phi) is 4.65. The number of benzene rings is 1. The highest BCUT2D eigenvalue weighted by atomic mass is 19.1. The highest BCUT2D eigenvalue weighted by Gasteiger charge is 2.12. The van der Waals surface area contributed by atoms with Crippen molar-refractivity contribution < 1.29 is 18.8 Å². The average molecular weight is 216 g/mol. The fourth-order valence-corrected chi connectivity index (χ4v) is 1.38. The maximum atomic E-state index is 13.2. The van der Waals surface area contributed by atoms with E-state index in [-0.39, 0.29) is 11.6 Å². The second-order valence-corrected chi connectivity index (χ2v) is 3.57. The zero-order valence-electron chi connectivity index (χ0n) is 8.97. The molecule has 1 aromatic rings. The summed E-state index contributed by atoms with van der Waals surface area (Å²) in [6, 6.07) is 4.10. The number of ether oxygens (including phenoxy) is 1. The molecule has 4 heteroatoms. The van der Waals surface area contributed by atoms with Crippen LogP contribution in [0.25, 0.3) is 0 Å². The summed E-state index contributed by atoms with van der Waals surface area (Å²) in [5.41, 5.74) is 0.125. The maximum Gasteiger partial charge on any atom is 0.135 e. The molecular formula is C11H16F2NO+. The molecule has 2 nitrogen and oxygen atoms in total. The first-order chi connectivity index (χ1) is 7.15. The molecule has 0 saturated carbocycles. The van der Waals surface area contributed by atoms with Gasteiger partial charge in [0.2, 0.25) is 0 Å². The van der Waals surface area contributed by atoms with Crippen molar-refractivity contribution in [1.82, 2.24) is 0 Å². The molecule has 0 aliphatic heterocycles. The molecule has 0 aromatic heterocycles. The van der Waals surface area contributed by atoms with E-state index in [1.165, 1.54) is 18.2 Å². The lowest BCUT2D eigenvalue weighted by Crippen LogP contribution is -2.88. The van der Waals surface area contributed by atoms with Gasteiger partial charge in [-0.15, -0.1) is 0 Å². The van der Waals surface area contributed by atoms with Gasteiger partial charge in [0.1, 0.15) is 24.2 Å². The van der Waals surface area contributed by atoms with Crippen LogP contribution in [-0.2, 0) is 11.3 Å². The van der Waals surface area contributed by atoms with Crippen LogP contribution in [-0.4, -0.2) is 19.8 Å². The third-order valence-electron chi connectivity index (χ3n) is 2.22. The van der Waals surface area contributed by atoms with Gasteiger partial charge in [0.05, 0.1) is 12.2 Å². The molecule has 0 unspecified atom stereocenters. The summed E-state index contributed by atoms with van der Waals surface area (Å²) in [6.07, 6.45) is 0. The van der Waals surface area contributed by atoms with Gasteiger partial charge in [0.15, 0.2) is 0 Å². The Bertz CT molecular complexity index is 297. The molecule has 15 heavy (non-hydrogen) atoms. The largest absolute Gasteiger partial charge is 0.379 e. The molecule has 0 heterocycles. The van der Waals surface area contributed by atoms with Crippen LogP contribution in [0.15, 0.2) is 18.2 Å². The Labute approximate surface area is 88.3 Å². The standard InChI is InChI=1S/C11H15F2NO/c1-8(7-15-2)14-6-9-10(12)4-3-5-11(9)13/h3-5,8,14H,6-7H2,1-2H3/p+1/t8-/m0/s1. The molecular weight excluding hydrogens is 200 g/mol. The van der Waals surface area contributed by atoms with Crippen LogP contribution in [0.4, 0.5) is 8.78 Å². The first-order valence-corrected chi connectivity index (χ1v) is 4.90. The van der Waals surface area contributed by atoms with E-state index < -0.39 is 11.6 Å². The number of halogens is 2. The van der Waals surface area contributed by atoms with Gasteiger partial charge in [-0.25, -0.2) is 8.78 Å². The van der Waals surface area contributed by atoms with Crippen molar-refractivity contribution in [2.24, 2.45) is 0 Å². The van der Waals surface area contributed by atoms with Gasteiger partial charge in [-0.3, -0.25) is 0 Å². The lowest BCUT2D eigenvalue weighted by atomic mass is 10.2. The third-order valence-corrected chi connectivity index (χ3v) is 2.22. The minimum absolute atomic E-state index is 0.125. The zero-order chi connectivity index (χ0) is 11.3. The summed E-state index contributed by atoms with van der Waals surface area (Å²) in [5, 5.41) is 1.85. The third kappa shape index (κ3) is 3.57. The summed E-state index contributed by atoms with van der Waals surface area (Å²) in [5.74, 6) is -0.980. The summed E-state index contributed by atoms with van der Waals surface area (Å²) in [7, 11) is 1.61. The van der Waals surface area contributed by atoms with Crippen molar-refractivity contribution in [3.8, 4) is 0 Å². The molecule has 84 valence electrons. The van der Waals surface area contributed by atoms with E-state index >= 15 is 0 Å². The number of nitrogens with two attached hydrogens (primary N) is 1. The minimum atomic E-state index is -0.490. The van der Waals surface area contributed by atoms with Crippen LogP contribution < -0.4 is 5.32 Å². The molecule has 1 aromatic carbocycles. The predicted octanol–water partition coefficient (Wildman–Crippen LogP) is 1.06. The Hall–Kier alpha value is -1.00. The second kappa shape index (κ2) is 5.78. The van der Waals surface area contributed by atoms with Crippen molar-refractivity contribution in [3.05, 3.63) is 35.4 Å². The first kappa shape index (κ1) is 12.1. The highest BCUT2D eigenvalue weighted by Crippen LogP contribution is 2.09. The predicted molar refractivity (Wildman–Crippen MR) is 53.3 cm³/mol. The summed E-state index contributed by atoms with van der Waals surface area (Å²) >= 11 is 0. The number of hydrogen-bond acceptors (Lipinski definition) is 1. The van der Waals surface area contributed by atoms with Gasteiger partial charge >= 0.3 is 0 Å². The number of rotatable bonds is 5. The quantitative estimate of drug-likeness (QED) is 0.782. The van der Waals surface area contributed by atoms with Crippen molar-refractivity contribution in [1.29, 1.82) is 0 Å². The molecule has 1 atom stereocenters. The lowest BCUT2D eigenvalue weighted by Gasteiger charge is -2.10. The molecule has 0 aliphatic rings. The zero-order valence-corrected chi connectivity index (χ0v) is 8.97. The monoisotopic (exact) mass is 216 g/mol. The van der Waals surface area contributed by atoms with Gasteiger partial charge in [0.25, 0.3) is 0 Å². The molecule has 1 rings (SSSR count). The smallest absolute Gasteiger partial charge is 0.135 e. The fraction of sp³-hybridized carbons (Fsp3) is 0.455. The molecule has 0 bridgehead atoms. The maximum absolute atomic E-state index is 13.2. The molecule has 0 radical (unpaired) electrons. The topological polar surface area (TPSA) is 25.8 Å². The molecule has 0 saturated heterocycles. The summed E-state index contributed by atoms with van der Waals surface area (Å²) in [4.78, 5) is 0. The number of methoxy groups -OCH3 is 1. The Balaban J connectivity index is 2.57. The van der Waals surface area contributed by atoms with E-state index in [1.54, 1.807) is 7.11 Å².